The zero-order valence-corrected chi connectivity index (χ0v) is 16.3. The van der Waals surface area contributed by atoms with Gasteiger partial charge in [0.2, 0.25) is 0 Å². The van der Waals surface area contributed by atoms with Crippen LogP contribution >= 0.6 is 27.5 Å². The standard InChI is InChI=1S/C19H13BrClN3O2/c1-23-17-13-9-11(20)5-8-14(13)22-16(10-3-6-12(21)7-4-10)15(17)18(25)24(2)19(23)26/h3-9H,1-2H3. The van der Waals surface area contributed by atoms with Gasteiger partial charge in [0.15, 0.2) is 0 Å². The van der Waals surface area contributed by atoms with Gasteiger partial charge in [-0.05, 0) is 30.3 Å². The average molecular weight is 431 g/mol. The maximum Gasteiger partial charge on any atom is 0.330 e. The van der Waals surface area contributed by atoms with Crippen LogP contribution in [0.25, 0.3) is 33.1 Å². The van der Waals surface area contributed by atoms with E-state index in [1.54, 1.807) is 19.2 Å². The van der Waals surface area contributed by atoms with Crippen LogP contribution in [0.5, 0.6) is 0 Å². The average Bonchev–Trinajstić information content (AvgIpc) is 2.64. The molecule has 26 heavy (non-hydrogen) atoms. The molecule has 2 heterocycles. The zero-order valence-electron chi connectivity index (χ0n) is 14.0. The Kier molecular flexibility index (Phi) is 3.97. The molecule has 0 saturated heterocycles. The normalized spacial score (nSPS) is 11.4. The molecule has 4 rings (SSSR count). The Morgan fingerprint density at radius 1 is 1.00 bits per heavy atom. The maximum atomic E-state index is 13.0. The lowest BCUT2D eigenvalue weighted by Crippen LogP contribution is -2.37. The van der Waals surface area contributed by atoms with Crippen LogP contribution in [0.15, 0.2) is 56.5 Å². The molecule has 130 valence electrons. The zero-order chi connectivity index (χ0) is 18.6. The van der Waals surface area contributed by atoms with Gasteiger partial charge in [-0.2, -0.15) is 0 Å². The molecule has 2 aromatic heterocycles. The van der Waals surface area contributed by atoms with Gasteiger partial charge in [-0.15, -0.1) is 0 Å². The number of hydrogen-bond acceptors (Lipinski definition) is 3. The van der Waals surface area contributed by atoms with Crippen molar-refractivity contribution >= 4 is 49.3 Å². The molecule has 4 aromatic rings. The highest BCUT2D eigenvalue weighted by Crippen LogP contribution is 2.31. The molecule has 0 atom stereocenters. The van der Waals surface area contributed by atoms with E-state index in [0.717, 1.165) is 20.0 Å². The first-order valence-electron chi connectivity index (χ1n) is 7.83. The summed E-state index contributed by atoms with van der Waals surface area (Å²) in [7, 11) is 3.14. The van der Waals surface area contributed by atoms with Crippen LogP contribution in [-0.4, -0.2) is 14.1 Å². The number of rotatable bonds is 1. The molecule has 0 amide bonds. The Balaban J connectivity index is 2.32. The second kappa shape index (κ2) is 6.07. The third-order valence-corrected chi connectivity index (χ3v) is 5.21. The smallest absolute Gasteiger partial charge is 0.295 e. The van der Waals surface area contributed by atoms with Crippen LogP contribution in [0, 0.1) is 0 Å². The van der Waals surface area contributed by atoms with Crippen LogP contribution in [-0.2, 0) is 14.1 Å². The van der Waals surface area contributed by atoms with E-state index in [0.29, 0.717) is 27.1 Å². The number of benzene rings is 2. The fourth-order valence-corrected chi connectivity index (χ4v) is 3.65. The molecule has 0 N–H and O–H groups in total. The summed E-state index contributed by atoms with van der Waals surface area (Å²) in [6.07, 6.45) is 0. The molecule has 0 aliphatic rings. The predicted molar refractivity (Wildman–Crippen MR) is 108 cm³/mol. The Hall–Kier alpha value is -2.44. The molecule has 0 spiro atoms. The van der Waals surface area contributed by atoms with Gasteiger partial charge in [0.05, 0.1) is 22.1 Å². The lowest BCUT2D eigenvalue weighted by atomic mass is 10.0. The molecule has 0 unspecified atom stereocenters. The van der Waals surface area contributed by atoms with E-state index in [1.807, 2.05) is 30.3 Å². The van der Waals surface area contributed by atoms with Crippen LogP contribution in [0.1, 0.15) is 0 Å². The molecule has 2 aromatic carbocycles. The fraction of sp³-hybridized carbons (Fsp3) is 0.105. The molecule has 0 aliphatic heterocycles. The van der Waals surface area contributed by atoms with Gasteiger partial charge in [0, 0.05) is 34.5 Å². The fourth-order valence-electron chi connectivity index (χ4n) is 3.16. The number of aromatic nitrogens is 3. The number of halogens is 2. The summed E-state index contributed by atoms with van der Waals surface area (Å²) in [5.41, 5.74) is 1.81. The second-order valence-corrected chi connectivity index (χ2v) is 7.41. The molecule has 5 nitrogen and oxygen atoms in total. The molecule has 0 fully saturated rings. The number of aryl methyl sites for hydroxylation is 1. The predicted octanol–water partition coefficient (Wildman–Crippen LogP) is 3.87. The van der Waals surface area contributed by atoms with Crippen molar-refractivity contribution in [1.29, 1.82) is 0 Å². The summed E-state index contributed by atoms with van der Waals surface area (Å²) < 4.78 is 3.44. The van der Waals surface area contributed by atoms with Crippen molar-refractivity contribution in [3.63, 3.8) is 0 Å². The van der Waals surface area contributed by atoms with Crippen molar-refractivity contribution in [2.75, 3.05) is 0 Å². The number of fused-ring (bicyclic) bond motifs is 3. The molecule has 7 heteroatoms. The second-order valence-electron chi connectivity index (χ2n) is 6.06. The summed E-state index contributed by atoms with van der Waals surface area (Å²) in [4.78, 5) is 30.2. The summed E-state index contributed by atoms with van der Waals surface area (Å²) in [6, 6.07) is 12.8. The van der Waals surface area contributed by atoms with E-state index < -0.39 is 0 Å². The van der Waals surface area contributed by atoms with Crippen molar-refractivity contribution in [2.24, 2.45) is 14.1 Å². The maximum absolute atomic E-state index is 13.0. The molecule has 0 aliphatic carbocycles. The van der Waals surface area contributed by atoms with Gasteiger partial charge in [-0.3, -0.25) is 13.9 Å². The SMILES string of the molecule is Cn1c(=O)c2c(-c3ccc(Cl)cc3)nc3ccc(Br)cc3c2n(C)c1=O. The Morgan fingerprint density at radius 2 is 1.69 bits per heavy atom. The minimum absolute atomic E-state index is 0.373. The molecular weight excluding hydrogens is 418 g/mol. The van der Waals surface area contributed by atoms with Crippen LogP contribution in [0.3, 0.4) is 0 Å². The Morgan fingerprint density at radius 3 is 2.38 bits per heavy atom. The first-order valence-corrected chi connectivity index (χ1v) is 9.00. The van der Waals surface area contributed by atoms with E-state index in [1.165, 1.54) is 11.6 Å². The third kappa shape index (κ3) is 2.48. The lowest BCUT2D eigenvalue weighted by molar-refractivity contribution is 0.715. The topological polar surface area (TPSA) is 56.9 Å². The molecule has 0 saturated carbocycles. The minimum Gasteiger partial charge on any atom is -0.295 e. The van der Waals surface area contributed by atoms with Gasteiger partial charge in [0.1, 0.15) is 0 Å². The van der Waals surface area contributed by atoms with Gasteiger partial charge in [-0.1, -0.05) is 39.7 Å². The van der Waals surface area contributed by atoms with E-state index in [2.05, 4.69) is 15.9 Å². The summed E-state index contributed by atoms with van der Waals surface area (Å²) >= 11 is 9.45. The molecule has 0 radical (unpaired) electrons. The van der Waals surface area contributed by atoms with Crippen LogP contribution < -0.4 is 11.2 Å². The van der Waals surface area contributed by atoms with Crippen LogP contribution in [0.4, 0.5) is 0 Å². The van der Waals surface area contributed by atoms with Crippen molar-refractivity contribution in [1.82, 2.24) is 14.1 Å². The van der Waals surface area contributed by atoms with E-state index in [-0.39, 0.29) is 11.2 Å². The highest BCUT2D eigenvalue weighted by molar-refractivity contribution is 9.10. The third-order valence-electron chi connectivity index (χ3n) is 4.47. The molecular formula is C19H13BrClN3O2. The number of hydrogen-bond donors (Lipinski definition) is 0. The largest absolute Gasteiger partial charge is 0.330 e. The Labute approximate surface area is 161 Å². The van der Waals surface area contributed by atoms with Crippen molar-refractivity contribution < 1.29 is 0 Å². The summed E-state index contributed by atoms with van der Waals surface area (Å²) in [5, 5.41) is 1.75. The van der Waals surface area contributed by atoms with E-state index >= 15 is 0 Å². The first kappa shape index (κ1) is 17.0. The van der Waals surface area contributed by atoms with Gasteiger partial charge < -0.3 is 0 Å². The van der Waals surface area contributed by atoms with Crippen molar-refractivity contribution in [3.05, 3.63) is 72.8 Å². The first-order chi connectivity index (χ1) is 12.4. The Bertz CT molecular complexity index is 1310. The monoisotopic (exact) mass is 429 g/mol. The van der Waals surface area contributed by atoms with E-state index in [4.69, 9.17) is 16.6 Å². The van der Waals surface area contributed by atoms with Gasteiger partial charge in [0.25, 0.3) is 5.56 Å². The number of pyridine rings is 1. The number of nitrogens with zero attached hydrogens (tertiary/aromatic N) is 3. The molecule has 0 bridgehead atoms. The van der Waals surface area contributed by atoms with Crippen molar-refractivity contribution in [2.45, 2.75) is 0 Å². The lowest BCUT2D eigenvalue weighted by Gasteiger charge is -2.14. The minimum atomic E-state index is -0.378. The quantitative estimate of drug-likeness (QED) is 0.431. The highest BCUT2D eigenvalue weighted by atomic mass is 79.9. The van der Waals surface area contributed by atoms with Crippen LogP contribution in [0.2, 0.25) is 5.02 Å². The summed E-state index contributed by atoms with van der Waals surface area (Å²) in [6.45, 7) is 0. The van der Waals surface area contributed by atoms with E-state index in [9.17, 15) is 9.59 Å². The van der Waals surface area contributed by atoms with Gasteiger partial charge in [-0.25, -0.2) is 9.78 Å². The van der Waals surface area contributed by atoms with Gasteiger partial charge >= 0.3 is 5.69 Å². The highest BCUT2D eigenvalue weighted by Gasteiger charge is 2.18. The summed E-state index contributed by atoms with van der Waals surface area (Å²) in [5.74, 6) is 0. The van der Waals surface area contributed by atoms with Crippen molar-refractivity contribution in [3.8, 4) is 11.3 Å².